The number of carboxylic acid groups (broad SMARTS) is 1. The molecule has 1 heterocycles. The first-order valence-electron chi connectivity index (χ1n) is 14.3. The Morgan fingerprint density at radius 2 is 1.64 bits per heavy atom. The lowest BCUT2D eigenvalue weighted by atomic mass is 10.0. The summed E-state index contributed by atoms with van der Waals surface area (Å²) in [6.07, 6.45) is 2.67. The third-order valence-electron chi connectivity index (χ3n) is 6.90. The molecular formula is C35H37N5O5. The van der Waals surface area contributed by atoms with Gasteiger partial charge in [0.2, 0.25) is 5.91 Å². The summed E-state index contributed by atoms with van der Waals surface area (Å²) in [6, 6.07) is 29.9. The van der Waals surface area contributed by atoms with Crippen molar-refractivity contribution in [1.29, 1.82) is 5.41 Å². The molecule has 0 saturated heterocycles. The highest BCUT2D eigenvalue weighted by Crippen LogP contribution is 2.32. The van der Waals surface area contributed by atoms with Gasteiger partial charge < -0.3 is 35.9 Å². The second-order valence-corrected chi connectivity index (χ2v) is 10.2. The van der Waals surface area contributed by atoms with E-state index >= 15 is 0 Å². The Bertz CT molecular complexity index is 1730. The summed E-state index contributed by atoms with van der Waals surface area (Å²) >= 11 is 0. The van der Waals surface area contributed by atoms with Crippen molar-refractivity contribution in [3.63, 3.8) is 0 Å². The van der Waals surface area contributed by atoms with Gasteiger partial charge in [-0.05, 0) is 65.6 Å². The molecule has 45 heavy (non-hydrogen) atoms. The van der Waals surface area contributed by atoms with Crippen molar-refractivity contribution in [1.82, 2.24) is 10.3 Å². The van der Waals surface area contributed by atoms with Crippen molar-refractivity contribution in [2.24, 2.45) is 5.73 Å². The summed E-state index contributed by atoms with van der Waals surface area (Å²) in [4.78, 5) is 25.9. The summed E-state index contributed by atoms with van der Waals surface area (Å²) in [5.41, 5.74) is 10.9. The number of aliphatic carboxylic acids is 1. The van der Waals surface area contributed by atoms with Crippen LogP contribution in [0.25, 0.3) is 10.9 Å². The molecule has 0 spiro atoms. The number of amides is 1. The molecule has 4 aromatic carbocycles. The Labute approximate surface area is 261 Å². The molecule has 0 aliphatic heterocycles. The van der Waals surface area contributed by atoms with E-state index in [0.29, 0.717) is 42.2 Å². The van der Waals surface area contributed by atoms with E-state index < -0.39 is 12.0 Å². The van der Waals surface area contributed by atoms with Gasteiger partial charge in [-0.25, -0.2) is 0 Å². The van der Waals surface area contributed by atoms with Gasteiger partial charge in [0.25, 0.3) is 5.97 Å². The summed E-state index contributed by atoms with van der Waals surface area (Å²) in [5, 5.41) is 22.7. The molecule has 0 aliphatic carbocycles. The molecule has 10 nitrogen and oxygen atoms in total. The van der Waals surface area contributed by atoms with Crippen LogP contribution in [0.15, 0.2) is 103 Å². The maximum atomic E-state index is 13.6. The Balaban J connectivity index is 0.00000109. The van der Waals surface area contributed by atoms with Gasteiger partial charge in [-0.15, -0.1) is 0 Å². The van der Waals surface area contributed by atoms with Gasteiger partial charge in [-0.3, -0.25) is 15.0 Å². The van der Waals surface area contributed by atoms with Gasteiger partial charge >= 0.3 is 0 Å². The van der Waals surface area contributed by atoms with E-state index in [2.05, 4.69) is 21.7 Å². The summed E-state index contributed by atoms with van der Waals surface area (Å²) < 4.78 is 11.7. The maximum Gasteiger partial charge on any atom is 0.300 e. The zero-order chi connectivity index (χ0) is 32.2. The van der Waals surface area contributed by atoms with Crippen LogP contribution in [0.4, 0.5) is 5.69 Å². The molecule has 0 aliphatic rings. The van der Waals surface area contributed by atoms with Crippen LogP contribution < -0.4 is 25.8 Å². The van der Waals surface area contributed by atoms with Crippen LogP contribution in [-0.2, 0) is 22.6 Å². The van der Waals surface area contributed by atoms with Gasteiger partial charge in [0.05, 0.1) is 7.11 Å². The first-order valence-corrected chi connectivity index (χ1v) is 14.3. The van der Waals surface area contributed by atoms with Crippen molar-refractivity contribution in [3.8, 4) is 11.5 Å². The number of amidine groups is 1. The number of carbonyl (C=O) groups is 2. The number of hydrogen-bond donors (Lipinski definition) is 6. The van der Waals surface area contributed by atoms with Gasteiger partial charge in [0.15, 0.2) is 11.5 Å². The number of nitrogens with two attached hydrogens (primary N) is 1. The Hall–Kier alpha value is -5.77. The van der Waals surface area contributed by atoms with E-state index in [0.717, 1.165) is 34.6 Å². The van der Waals surface area contributed by atoms with E-state index in [9.17, 15) is 4.79 Å². The molecule has 0 fully saturated rings. The Kier molecular flexibility index (Phi) is 11.2. The SMILES string of the molecule is CC(=O)O.COc1cc(C(Nc2ccc(C(=N)N)cc2)C(=O)NCCc2c[nH]c3ccccc23)ccc1OCc1ccccc1. The minimum Gasteiger partial charge on any atom is -0.493 e. The molecule has 0 saturated carbocycles. The molecule has 0 radical (unpaired) electrons. The van der Waals surface area contributed by atoms with E-state index in [1.807, 2.05) is 72.9 Å². The lowest BCUT2D eigenvalue weighted by molar-refractivity contribution is -0.134. The zero-order valence-corrected chi connectivity index (χ0v) is 25.2. The molecule has 1 aromatic heterocycles. The first-order chi connectivity index (χ1) is 21.7. The number of H-pyrrole nitrogens is 1. The number of anilines is 1. The second-order valence-electron chi connectivity index (χ2n) is 10.2. The predicted octanol–water partition coefficient (Wildman–Crippen LogP) is 5.64. The number of nitrogen functional groups attached to an aromatic ring is 1. The highest BCUT2D eigenvalue weighted by atomic mass is 16.5. The number of hydrogen-bond acceptors (Lipinski definition) is 6. The van der Waals surface area contributed by atoms with Crippen LogP contribution >= 0.6 is 0 Å². The molecule has 5 rings (SSSR count). The molecule has 10 heteroatoms. The first kappa shape index (κ1) is 32.2. The fraction of sp³-hybridized carbons (Fsp3) is 0.171. The third kappa shape index (κ3) is 9.11. The quantitative estimate of drug-likeness (QED) is 0.0789. The normalized spacial score (nSPS) is 11.1. The molecule has 7 N–H and O–H groups in total. The Morgan fingerprint density at radius 1 is 0.956 bits per heavy atom. The monoisotopic (exact) mass is 607 g/mol. The number of aromatic amines is 1. The lowest BCUT2D eigenvalue weighted by Crippen LogP contribution is -2.34. The van der Waals surface area contributed by atoms with Crippen molar-refractivity contribution >= 4 is 34.3 Å². The summed E-state index contributed by atoms with van der Waals surface area (Å²) in [6.45, 7) is 1.95. The summed E-state index contributed by atoms with van der Waals surface area (Å²) in [5.74, 6) is 0.0904. The highest BCUT2D eigenvalue weighted by Gasteiger charge is 2.22. The van der Waals surface area contributed by atoms with Gasteiger partial charge in [-0.2, -0.15) is 0 Å². The minimum atomic E-state index is -0.833. The number of benzene rings is 4. The van der Waals surface area contributed by atoms with Crippen LogP contribution in [0.1, 0.15) is 35.2 Å². The second kappa shape index (κ2) is 15.6. The molecule has 5 aromatic rings. The molecule has 232 valence electrons. The van der Waals surface area contributed by atoms with Gasteiger partial charge in [-0.1, -0.05) is 54.6 Å². The topological polar surface area (TPSA) is 163 Å². The van der Waals surface area contributed by atoms with Crippen LogP contribution in [0.2, 0.25) is 0 Å². The molecular weight excluding hydrogens is 570 g/mol. The number of ether oxygens (including phenoxy) is 2. The zero-order valence-electron chi connectivity index (χ0n) is 25.2. The highest BCUT2D eigenvalue weighted by molar-refractivity contribution is 5.95. The van der Waals surface area contributed by atoms with E-state index in [4.69, 9.17) is 30.5 Å². The van der Waals surface area contributed by atoms with Gasteiger partial charge in [0, 0.05) is 41.8 Å². The number of aromatic nitrogens is 1. The summed E-state index contributed by atoms with van der Waals surface area (Å²) in [7, 11) is 1.58. The van der Waals surface area contributed by atoms with Gasteiger partial charge in [0.1, 0.15) is 18.5 Å². The largest absolute Gasteiger partial charge is 0.493 e. The number of nitrogens with one attached hydrogen (secondary N) is 4. The van der Waals surface area contributed by atoms with E-state index in [-0.39, 0.29) is 11.7 Å². The van der Waals surface area contributed by atoms with Crippen molar-refractivity contribution in [2.75, 3.05) is 19.0 Å². The number of para-hydroxylation sites is 1. The molecule has 1 atom stereocenters. The fourth-order valence-electron chi connectivity index (χ4n) is 4.69. The number of carbonyl (C=O) groups excluding carboxylic acids is 1. The van der Waals surface area contributed by atoms with Crippen molar-refractivity contribution < 1.29 is 24.2 Å². The average Bonchev–Trinajstić information content (AvgIpc) is 3.46. The number of fused-ring (bicyclic) bond motifs is 1. The van der Waals surface area contributed by atoms with Crippen molar-refractivity contribution in [2.45, 2.75) is 26.0 Å². The van der Waals surface area contributed by atoms with Crippen LogP contribution in [-0.4, -0.2) is 41.5 Å². The minimum absolute atomic E-state index is 0.0149. The van der Waals surface area contributed by atoms with Crippen LogP contribution in [0, 0.1) is 5.41 Å². The lowest BCUT2D eigenvalue weighted by Gasteiger charge is -2.22. The predicted molar refractivity (Wildman–Crippen MR) is 176 cm³/mol. The van der Waals surface area contributed by atoms with Crippen LogP contribution in [0.3, 0.4) is 0 Å². The van der Waals surface area contributed by atoms with E-state index in [1.54, 1.807) is 31.4 Å². The van der Waals surface area contributed by atoms with Crippen molar-refractivity contribution in [3.05, 3.63) is 126 Å². The third-order valence-corrected chi connectivity index (χ3v) is 6.90. The number of carboxylic acids is 1. The molecule has 0 bridgehead atoms. The number of methoxy groups -OCH3 is 1. The smallest absolute Gasteiger partial charge is 0.300 e. The average molecular weight is 608 g/mol. The fourth-order valence-corrected chi connectivity index (χ4v) is 4.69. The Morgan fingerprint density at radius 3 is 2.33 bits per heavy atom. The standard InChI is InChI=1S/C33H33N5O3.C2H4O2/c1-40-30-19-24(13-16-29(30)41-21-22-7-3-2-4-8-22)31(38-26-14-11-23(12-15-26)32(34)35)33(39)36-18-17-25-20-37-28-10-6-5-9-27(25)28;1-2(3)4/h2-16,19-20,31,37-38H,17-18,21H2,1H3,(H3,34,35)(H,36,39);1H3,(H,3,4). The maximum absolute atomic E-state index is 13.6. The van der Waals surface area contributed by atoms with Crippen LogP contribution in [0.5, 0.6) is 11.5 Å². The van der Waals surface area contributed by atoms with E-state index in [1.165, 1.54) is 0 Å². The molecule has 1 unspecified atom stereocenters. The molecule has 1 amide bonds. The number of rotatable bonds is 12.